The van der Waals surface area contributed by atoms with E-state index in [9.17, 15) is 4.79 Å². The van der Waals surface area contributed by atoms with Crippen molar-refractivity contribution in [3.8, 4) is 0 Å². The van der Waals surface area contributed by atoms with Gasteiger partial charge in [0.05, 0.1) is 11.0 Å². The Morgan fingerprint density at radius 1 is 1.30 bits per heavy atom. The van der Waals surface area contributed by atoms with Crippen LogP contribution in [0.25, 0.3) is 11.0 Å². The van der Waals surface area contributed by atoms with Crippen molar-refractivity contribution in [2.45, 2.75) is 13.5 Å². The number of hydrogen-bond donors (Lipinski definition) is 1. The smallest absolute Gasteiger partial charge is 0.354 e. The molecule has 0 spiro atoms. The Morgan fingerprint density at radius 2 is 2.10 bits per heavy atom. The van der Waals surface area contributed by atoms with Gasteiger partial charge in [-0.1, -0.05) is 12.1 Å². The van der Waals surface area contributed by atoms with Crippen molar-refractivity contribution >= 4 is 17.0 Å². The number of hydrogen-bond acceptors (Lipinski definition) is 3. The van der Waals surface area contributed by atoms with Crippen molar-refractivity contribution in [3.63, 3.8) is 0 Å². The van der Waals surface area contributed by atoms with Gasteiger partial charge >= 0.3 is 5.97 Å². The summed E-state index contributed by atoms with van der Waals surface area (Å²) in [4.78, 5) is 19.3. The fraction of sp³-hybridized carbons (Fsp3) is 0.133. The largest absolute Gasteiger partial charge is 0.477 e. The molecule has 0 aliphatic rings. The van der Waals surface area contributed by atoms with Crippen molar-refractivity contribution in [2.75, 3.05) is 0 Å². The molecule has 0 unspecified atom stereocenters. The molecule has 3 rings (SSSR count). The number of carbonyl (C=O) groups is 1. The van der Waals surface area contributed by atoms with E-state index in [1.165, 1.54) is 6.20 Å². The lowest BCUT2D eigenvalue weighted by atomic mass is 10.2. The average molecular weight is 267 g/mol. The van der Waals surface area contributed by atoms with Crippen LogP contribution in [0.5, 0.6) is 0 Å². The molecule has 2 heterocycles. The van der Waals surface area contributed by atoms with E-state index >= 15 is 0 Å². The van der Waals surface area contributed by atoms with Crippen molar-refractivity contribution in [2.24, 2.45) is 0 Å². The third kappa shape index (κ3) is 2.14. The Bertz CT molecular complexity index is 793. The van der Waals surface area contributed by atoms with Crippen LogP contribution in [0.4, 0.5) is 0 Å². The van der Waals surface area contributed by atoms with Crippen molar-refractivity contribution in [3.05, 3.63) is 59.7 Å². The van der Waals surface area contributed by atoms with Gasteiger partial charge < -0.3 is 9.67 Å². The number of fused-ring (bicyclic) bond motifs is 1. The molecule has 1 aromatic carbocycles. The predicted octanol–water partition coefficient (Wildman–Crippen LogP) is 2.49. The van der Waals surface area contributed by atoms with Crippen LogP contribution in [0, 0.1) is 6.92 Å². The van der Waals surface area contributed by atoms with Gasteiger partial charge in [0.2, 0.25) is 0 Å². The second-order valence-corrected chi connectivity index (χ2v) is 4.59. The summed E-state index contributed by atoms with van der Waals surface area (Å²) < 4.78 is 2.07. The van der Waals surface area contributed by atoms with Crippen LogP contribution in [0.1, 0.15) is 21.9 Å². The van der Waals surface area contributed by atoms with Gasteiger partial charge in [-0.3, -0.25) is 0 Å². The van der Waals surface area contributed by atoms with Gasteiger partial charge in [-0.2, -0.15) is 0 Å². The number of aryl methyl sites for hydroxylation is 1. The minimum atomic E-state index is -1.01. The molecule has 0 aliphatic heterocycles. The summed E-state index contributed by atoms with van der Waals surface area (Å²) in [6.45, 7) is 2.52. The number of pyridine rings is 1. The standard InChI is InChI=1S/C15H13N3O2/c1-10-17-12-4-2-3-5-14(12)18(10)9-11-6-7-16-13(8-11)15(19)20/h2-8H,9H2,1H3,(H,19,20). The molecule has 5 nitrogen and oxygen atoms in total. The second-order valence-electron chi connectivity index (χ2n) is 4.59. The SMILES string of the molecule is Cc1nc2ccccc2n1Cc1ccnc(C(=O)O)c1. The van der Waals surface area contributed by atoms with E-state index in [1.54, 1.807) is 6.07 Å². The molecule has 0 saturated carbocycles. The Kier molecular flexibility index (Phi) is 2.95. The van der Waals surface area contributed by atoms with Crippen LogP contribution in [0.3, 0.4) is 0 Å². The van der Waals surface area contributed by atoms with Crippen LogP contribution in [-0.4, -0.2) is 25.6 Å². The quantitative estimate of drug-likeness (QED) is 0.791. The summed E-state index contributed by atoms with van der Waals surface area (Å²) >= 11 is 0. The van der Waals surface area contributed by atoms with E-state index in [-0.39, 0.29) is 5.69 Å². The first-order chi connectivity index (χ1) is 9.65. The summed E-state index contributed by atoms with van der Waals surface area (Å²) in [6, 6.07) is 11.3. The topological polar surface area (TPSA) is 68.0 Å². The summed E-state index contributed by atoms with van der Waals surface area (Å²) in [5, 5.41) is 8.98. The lowest BCUT2D eigenvalue weighted by Gasteiger charge is -2.07. The number of para-hydroxylation sites is 2. The highest BCUT2D eigenvalue weighted by Crippen LogP contribution is 2.17. The minimum absolute atomic E-state index is 0.0598. The normalized spacial score (nSPS) is 10.8. The highest BCUT2D eigenvalue weighted by molar-refractivity contribution is 5.85. The van der Waals surface area contributed by atoms with Gasteiger partial charge in [0, 0.05) is 12.7 Å². The molecular weight excluding hydrogens is 254 g/mol. The maximum Gasteiger partial charge on any atom is 0.354 e. The van der Waals surface area contributed by atoms with Crippen molar-refractivity contribution in [1.29, 1.82) is 0 Å². The third-order valence-corrected chi connectivity index (χ3v) is 3.23. The first kappa shape index (κ1) is 12.3. The average Bonchev–Trinajstić information content (AvgIpc) is 2.76. The number of carboxylic acid groups (broad SMARTS) is 1. The van der Waals surface area contributed by atoms with Crippen molar-refractivity contribution in [1.82, 2.24) is 14.5 Å². The van der Waals surface area contributed by atoms with Crippen LogP contribution < -0.4 is 0 Å². The predicted molar refractivity (Wildman–Crippen MR) is 74.8 cm³/mol. The minimum Gasteiger partial charge on any atom is -0.477 e. The van der Waals surface area contributed by atoms with Gasteiger partial charge in [-0.25, -0.2) is 14.8 Å². The second kappa shape index (κ2) is 4.77. The zero-order valence-electron chi connectivity index (χ0n) is 10.9. The first-order valence-corrected chi connectivity index (χ1v) is 6.25. The molecule has 0 amide bonds. The lowest BCUT2D eigenvalue weighted by molar-refractivity contribution is 0.0690. The molecule has 2 aromatic heterocycles. The van der Waals surface area contributed by atoms with E-state index in [2.05, 4.69) is 14.5 Å². The van der Waals surface area contributed by atoms with Crippen LogP contribution in [-0.2, 0) is 6.54 Å². The number of carboxylic acids is 1. The highest BCUT2D eigenvalue weighted by atomic mass is 16.4. The Labute approximate surface area is 115 Å². The zero-order valence-corrected chi connectivity index (χ0v) is 10.9. The van der Waals surface area contributed by atoms with Crippen LogP contribution in [0.15, 0.2) is 42.6 Å². The van der Waals surface area contributed by atoms with Gasteiger partial charge in [0.25, 0.3) is 0 Å². The van der Waals surface area contributed by atoms with Gasteiger partial charge in [0.1, 0.15) is 11.5 Å². The summed E-state index contributed by atoms with van der Waals surface area (Å²) in [5.74, 6) is -0.112. The summed E-state index contributed by atoms with van der Waals surface area (Å²) in [6.07, 6.45) is 1.52. The number of nitrogens with zero attached hydrogens (tertiary/aromatic N) is 3. The van der Waals surface area contributed by atoms with Gasteiger partial charge in [-0.05, 0) is 36.8 Å². The fourth-order valence-corrected chi connectivity index (χ4v) is 2.27. The number of aromatic carboxylic acids is 1. The van der Waals surface area contributed by atoms with E-state index < -0.39 is 5.97 Å². The molecule has 20 heavy (non-hydrogen) atoms. The molecule has 1 N–H and O–H groups in total. The maximum absolute atomic E-state index is 11.0. The van der Waals surface area contributed by atoms with E-state index in [0.717, 1.165) is 22.4 Å². The first-order valence-electron chi connectivity index (χ1n) is 6.25. The number of rotatable bonds is 3. The number of benzene rings is 1. The molecule has 0 saturated heterocycles. The summed E-state index contributed by atoms with van der Waals surface area (Å²) in [7, 11) is 0. The molecule has 0 aliphatic carbocycles. The van der Waals surface area contributed by atoms with Crippen LogP contribution in [0.2, 0.25) is 0 Å². The maximum atomic E-state index is 11.0. The number of imidazole rings is 1. The molecule has 0 bridgehead atoms. The van der Waals surface area contributed by atoms with Gasteiger partial charge in [0.15, 0.2) is 0 Å². The Morgan fingerprint density at radius 3 is 2.90 bits per heavy atom. The van der Waals surface area contributed by atoms with E-state index in [4.69, 9.17) is 5.11 Å². The van der Waals surface area contributed by atoms with Crippen molar-refractivity contribution < 1.29 is 9.90 Å². The van der Waals surface area contributed by atoms with E-state index in [1.807, 2.05) is 37.3 Å². The Hall–Kier alpha value is -2.69. The monoisotopic (exact) mass is 267 g/mol. The summed E-state index contributed by atoms with van der Waals surface area (Å²) in [5.41, 5.74) is 2.93. The molecule has 3 aromatic rings. The molecule has 0 fully saturated rings. The molecule has 100 valence electrons. The molecule has 5 heteroatoms. The Balaban J connectivity index is 2.03. The fourth-order valence-electron chi connectivity index (χ4n) is 2.27. The lowest BCUT2D eigenvalue weighted by Crippen LogP contribution is -2.05. The van der Waals surface area contributed by atoms with Crippen LogP contribution >= 0.6 is 0 Å². The molecular formula is C15H13N3O2. The van der Waals surface area contributed by atoms with E-state index in [0.29, 0.717) is 6.54 Å². The zero-order chi connectivity index (χ0) is 14.1. The highest BCUT2D eigenvalue weighted by Gasteiger charge is 2.09. The van der Waals surface area contributed by atoms with Gasteiger partial charge in [-0.15, -0.1) is 0 Å². The third-order valence-electron chi connectivity index (χ3n) is 3.23. The molecule has 0 atom stereocenters. The molecule has 0 radical (unpaired) electrons. The number of aromatic nitrogens is 3.